The molecule has 3 N–H and O–H groups in total. The molecule has 0 amide bonds. The third-order valence-corrected chi connectivity index (χ3v) is 4.16. The van der Waals surface area contributed by atoms with Gasteiger partial charge in [0.1, 0.15) is 11.6 Å². The summed E-state index contributed by atoms with van der Waals surface area (Å²) in [5.74, 6) is 2.15. The molecule has 0 atom stereocenters. The van der Waals surface area contributed by atoms with Crippen molar-refractivity contribution in [3.05, 3.63) is 35.2 Å². The van der Waals surface area contributed by atoms with Crippen LogP contribution in [0.4, 0.5) is 0 Å². The van der Waals surface area contributed by atoms with Gasteiger partial charge in [-0.2, -0.15) is 0 Å². The van der Waals surface area contributed by atoms with E-state index in [0.717, 1.165) is 16.5 Å². The van der Waals surface area contributed by atoms with Gasteiger partial charge in [-0.25, -0.2) is 0 Å². The van der Waals surface area contributed by atoms with E-state index in [9.17, 15) is 0 Å². The van der Waals surface area contributed by atoms with Crippen molar-refractivity contribution >= 4 is 17.6 Å². The van der Waals surface area contributed by atoms with Gasteiger partial charge in [-0.15, -0.1) is 10.2 Å². The van der Waals surface area contributed by atoms with E-state index < -0.39 is 0 Å². The van der Waals surface area contributed by atoms with Crippen molar-refractivity contribution in [2.75, 3.05) is 7.11 Å². The fourth-order valence-corrected chi connectivity index (χ4v) is 2.66. The topological polar surface area (TPSA) is 98.6 Å². The predicted molar refractivity (Wildman–Crippen MR) is 80.8 cm³/mol. The fraction of sp³-hybridized carbons (Fsp3) is 0.308. The molecule has 1 aromatic heterocycles. The van der Waals surface area contributed by atoms with Crippen molar-refractivity contribution in [1.82, 2.24) is 14.8 Å². The van der Waals surface area contributed by atoms with Crippen molar-refractivity contribution in [3.63, 3.8) is 0 Å². The van der Waals surface area contributed by atoms with E-state index in [4.69, 9.17) is 15.7 Å². The molecule has 0 unspecified atom stereocenters. The van der Waals surface area contributed by atoms with Gasteiger partial charge >= 0.3 is 0 Å². The SMILES string of the molecule is COc1ccc(CSc2nnc(C)n2C)cc1C(N)=NO. The summed E-state index contributed by atoms with van der Waals surface area (Å²) in [5.41, 5.74) is 7.24. The molecule has 2 aromatic rings. The summed E-state index contributed by atoms with van der Waals surface area (Å²) in [5, 5.41) is 20.8. The van der Waals surface area contributed by atoms with Crippen molar-refractivity contribution in [1.29, 1.82) is 0 Å². The van der Waals surface area contributed by atoms with Gasteiger partial charge in [0.2, 0.25) is 0 Å². The van der Waals surface area contributed by atoms with Gasteiger partial charge in [0.25, 0.3) is 0 Å². The fourth-order valence-electron chi connectivity index (χ4n) is 1.76. The van der Waals surface area contributed by atoms with Crippen LogP contribution in [0.3, 0.4) is 0 Å². The molecule has 7 nitrogen and oxygen atoms in total. The van der Waals surface area contributed by atoms with Crippen molar-refractivity contribution < 1.29 is 9.94 Å². The molecule has 0 saturated carbocycles. The lowest BCUT2D eigenvalue weighted by Crippen LogP contribution is -2.14. The predicted octanol–water partition coefficient (Wildman–Crippen LogP) is 1.52. The third-order valence-electron chi connectivity index (χ3n) is 3.07. The maximum absolute atomic E-state index is 8.83. The van der Waals surface area contributed by atoms with E-state index in [2.05, 4.69) is 15.4 Å². The number of ether oxygens (including phenoxy) is 1. The van der Waals surface area contributed by atoms with Crippen LogP contribution in [0.1, 0.15) is 17.0 Å². The molecule has 1 aromatic carbocycles. The summed E-state index contributed by atoms with van der Waals surface area (Å²) in [6.07, 6.45) is 0. The number of rotatable bonds is 5. The number of aryl methyl sites for hydroxylation is 1. The number of aromatic nitrogens is 3. The van der Waals surface area contributed by atoms with Gasteiger partial charge in [-0.05, 0) is 24.6 Å². The van der Waals surface area contributed by atoms with E-state index >= 15 is 0 Å². The second-order valence-corrected chi connectivity index (χ2v) is 5.34. The Morgan fingerprint density at radius 3 is 2.81 bits per heavy atom. The van der Waals surface area contributed by atoms with Gasteiger partial charge in [-0.1, -0.05) is 23.0 Å². The van der Waals surface area contributed by atoms with Crippen LogP contribution in [-0.4, -0.2) is 32.9 Å². The molecule has 0 aliphatic carbocycles. The number of oxime groups is 1. The summed E-state index contributed by atoms with van der Waals surface area (Å²) >= 11 is 1.57. The number of nitrogens with zero attached hydrogens (tertiary/aromatic N) is 4. The number of nitrogens with two attached hydrogens (primary N) is 1. The molecule has 0 fully saturated rings. The van der Waals surface area contributed by atoms with Crippen LogP contribution in [0.5, 0.6) is 5.75 Å². The molecule has 8 heteroatoms. The van der Waals surface area contributed by atoms with Crippen LogP contribution in [0, 0.1) is 6.92 Å². The van der Waals surface area contributed by atoms with Gasteiger partial charge in [0, 0.05) is 12.8 Å². The Kier molecular flexibility index (Phi) is 4.69. The quantitative estimate of drug-likeness (QED) is 0.286. The van der Waals surface area contributed by atoms with Gasteiger partial charge in [0.05, 0.1) is 12.7 Å². The Morgan fingerprint density at radius 1 is 1.48 bits per heavy atom. The maximum Gasteiger partial charge on any atom is 0.191 e. The lowest BCUT2D eigenvalue weighted by molar-refractivity contribution is 0.318. The van der Waals surface area contributed by atoms with Crippen LogP contribution >= 0.6 is 11.8 Å². The third kappa shape index (κ3) is 3.27. The van der Waals surface area contributed by atoms with Gasteiger partial charge < -0.3 is 20.2 Å². The first-order chi connectivity index (χ1) is 10.1. The average molecular weight is 307 g/mol. The van der Waals surface area contributed by atoms with E-state index in [1.807, 2.05) is 30.7 Å². The maximum atomic E-state index is 8.83. The molecule has 0 radical (unpaired) electrons. The first-order valence-electron chi connectivity index (χ1n) is 6.20. The van der Waals surface area contributed by atoms with Crippen LogP contribution in [0.15, 0.2) is 28.5 Å². The summed E-state index contributed by atoms with van der Waals surface area (Å²) in [4.78, 5) is 0. The molecular formula is C13H17N5O2S. The smallest absolute Gasteiger partial charge is 0.191 e. The summed E-state index contributed by atoms with van der Waals surface area (Å²) in [6.45, 7) is 1.90. The summed E-state index contributed by atoms with van der Waals surface area (Å²) in [6, 6.07) is 5.57. The van der Waals surface area contributed by atoms with Crippen molar-refractivity contribution in [2.24, 2.45) is 17.9 Å². The molecule has 0 saturated heterocycles. The molecule has 112 valence electrons. The van der Waals surface area contributed by atoms with Crippen LogP contribution < -0.4 is 10.5 Å². The Bertz CT molecular complexity index is 669. The highest BCUT2D eigenvalue weighted by Crippen LogP contribution is 2.25. The molecule has 0 aliphatic heterocycles. The number of thioether (sulfide) groups is 1. The van der Waals surface area contributed by atoms with E-state index in [1.165, 1.54) is 0 Å². The number of methoxy groups -OCH3 is 1. The highest BCUT2D eigenvalue weighted by atomic mass is 32.2. The number of hydrogen-bond acceptors (Lipinski definition) is 6. The standard InChI is InChI=1S/C13H17N5O2S/c1-8-15-16-13(18(8)2)21-7-9-4-5-11(20-3)10(6-9)12(14)17-19/h4-6,19H,7H2,1-3H3,(H2,14,17). The minimum absolute atomic E-state index is 0.0215. The molecule has 21 heavy (non-hydrogen) atoms. The Labute approximate surface area is 126 Å². The van der Waals surface area contributed by atoms with Crippen LogP contribution in [0.2, 0.25) is 0 Å². The number of amidine groups is 1. The van der Waals surface area contributed by atoms with Gasteiger partial charge in [0.15, 0.2) is 11.0 Å². The van der Waals surface area contributed by atoms with Crippen molar-refractivity contribution in [3.8, 4) is 5.75 Å². The molecule has 0 aliphatic rings. The zero-order chi connectivity index (χ0) is 15.4. The first kappa shape index (κ1) is 15.2. The molecule has 1 heterocycles. The first-order valence-corrected chi connectivity index (χ1v) is 7.19. The van der Waals surface area contributed by atoms with Gasteiger partial charge in [-0.3, -0.25) is 0 Å². The normalized spacial score (nSPS) is 11.7. The lowest BCUT2D eigenvalue weighted by atomic mass is 10.1. The molecule has 0 bridgehead atoms. The highest BCUT2D eigenvalue weighted by Gasteiger charge is 2.11. The zero-order valence-corrected chi connectivity index (χ0v) is 12.9. The second-order valence-electron chi connectivity index (χ2n) is 4.40. The highest BCUT2D eigenvalue weighted by molar-refractivity contribution is 7.98. The minimum Gasteiger partial charge on any atom is -0.496 e. The second kappa shape index (κ2) is 6.49. The number of benzene rings is 1. The van der Waals surface area contributed by atoms with Crippen molar-refractivity contribution in [2.45, 2.75) is 17.8 Å². The Morgan fingerprint density at radius 2 is 2.24 bits per heavy atom. The minimum atomic E-state index is 0.0215. The Balaban J connectivity index is 2.19. The molecule has 2 rings (SSSR count). The van der Waals surface area contributed by atoms with Crippen LogP contribution in [-0.2, 0) is 12.8 Å². The van der Waals surface area contributed by atoms with Crippen LogP contribution in [0.25, 0.3) is 0 Å². The van der Waals surface area contributed by atoms with E-state index in [-0.39, 0.29) is 5.84 Å². The van der Waals surface area contributed by atoms with E-state index in [0.29, 0.717) is 17.1 Å². The largest absolute Gasteiger partial charge is 0.496 e. The monoisotopic (exact) mass is 307 g/mol. The Hall–Kier alpha value is -2.22. The number of hydrogen-bond donors (Lipinski definition) is 2. The average Bonchev–Trinajstić information content (AvgIpc) is 2.83. The molecular weight excluding hydrogens is 290 g/mol. The summed E-state index contributed by atoms with van der Waals surface area (Å²) in [7, 11) is 3.47. The summed E-state index contributed by atoms with van der Waals surface area (Å²) < 4.78 is 7.13. The van der Waals surface area contributed by atoms with E-state index in [1.54, 1.807) is 24.9 Å². The zero-order valence-electron chi connectivity index (χ0n) is 12.1. The lowest BCUT2D eigenvalue weighted by Gasteiger charge is -2.09. The molecule has 0 spiro atoms.